The molecule has 0 bridgehead atoms. The number of fused-ring (bicyclic) bond motifs is 1. The predicted octanol–water partition coefficient (Wildman–Crippen LogP) is 2.95. The number of guanidine groups is 1. The summed E-state index contributed by atoms with van der Waals surface area (Å²) in [6, 6.07) is 8.42. The van der Waals surface area contributed by atoms with Crippen LogP contribution in [0.25, 0.3) is 10.9 Å². The molecule has 1 aromatic heterocycles. The van der Waals surface area contributed by atoms with Gasteiger partial charge in [-0.3, -0.25) is 9.79 Å². The van der Waals surface area contributed by atoms with E-state index in [1.54, 1.807) is 0 Å². The normalized spacial score (nSPS) is 15.9. The number of nitrogens with one attached hydrogen (secondary N) is 2. The molecule has 0 aliphatic carbocycles. The Morgan fingerprint density at radius 2 is 2.11 bits per heavy atom. The van der Waals surface area contributed by atoms with E-state index in [1.807, 2.05) is 14.0 Å². The number of piperidine rings is 1. The number of likely N-dealkylation sites (tertiary alicyclic amines) is 1. The van der Waals surface area contributed by atoms with Crippen LogP contribution in [-0.4, -0.2) is 55.1 Å². The van der Waals surface area contributed by atoms with E-state index in [-0.39, 0.29) is 11.9 Å². The van der Waals surface area contributed by atoms with Crippen LogP contribution < -0.4 is 5.32 Å². The summed E-state index contributed by atoms with van der Waals surface area (Å²) in [6.45, 7) is 4.87. The average molecular weight is 370 g/mol. The monoisotopic (exact) mass is 370 g/mol. The van der Waals surface area contributed by atoms with Gasteiger partial charge < -0.3 is 19.9 Å². The summed E-state index contributed by atoms with van der Waals surface area (Å²) in [5, 5.41) is 4.78. The molecule has 6 nitrogen and oxygen atoms in total. The van der Waals surface area contributed by atoms with Gasteiger partial charge in [-0.25, -0.2) is 0 Å². The van der Waals surface area contributed by atoms with E-state index < -0.39 is 0 Å². The second-order valence-corrected chi connectivity index (χ2v) is 6.95. The molecule has 1 aliphatic heterocycles. The number of para-hydroxylation sites is 1. The minimum atomic E-state index is -0.0566. The Kier molecular flexibility index (Phi) is 6.74. The van der Waals surface area contributed by atoms with Gasteiger partial charge in [0.1, 0.15) is 0 Å². The van der Waals surface area contributed by atoms with Gasteiger partial charge in [-0.1, -0.05) is 18.2 Å². The second kappa shape index (κ2) is 9.44. The first kappa shape index (κ1) is 19.3. The quantitative estimate of drug-likeness (QED) is 0.355. The zero-order valence-corrected chi connectivity index (χ0v) is 16.3. The predicted molar refractivity (Wildman–Crippen MR) is 109 cm³/mol. The highest BCUT2D eigenvalue weighted by molar-refractivity contribution is 5.83. The Labute approximate surface area is 161 Å². The number of aryl methyl sites for hydroxylation is 1. The van der Waals surface area contributed by atoms with Gasteiger partial charge in [-0.15, -0.1) is 0 Å². The molecule has 2 N–H and O–H groups in total. The largest absolute Gasteiger partial charge is 0.466 e. The zero-order chi connectivity index (χ0) is 19.1. The third-order valence-electron chi connectivity index (χ3n) is 5.21. The molecule has 1 fully saturated rings. The van der Waals surface area contributed by atoms with Gasteiger partial charge in [0.15, 0.2) is 5.96 Å². The minimum Gasteiger partial charge on any atom is -0.466 e. The Hall–Kier alpha value is -2.50. The fraction of sp³-hybridized carbons (Fsp3) is 0.524. The molecule has 0 unspecified atom stereocenters. The third-order valence-corrected chi connectivity index (χ3v) is 5.21. The molecular weight excluding hydrogens is 340 g/mol. The first-order chi connectivity index (χ1) is 13.2. The first-order valence-corrected chi connectivity index (χ1v) is 9.90. The number of hydrogen-bond donors (Lipinski definition) is 2. The highest BCUT2D eigenvalue weighted by Crippen LogP contribution is 2.20. The van der Waals surface area contributed by atoms with Gasteiger partial charge in [0, 0.05) is 43.8 Å². The number of aliphatic imine (C=N–C) groups is 1. The Balaban J connectivity index is 1.43. The fourth-order valence-electron chi connectivity index (χ4n) is 3.74. The Bertz CT molecular complexity index is 775. The van der Waals surface area contributed by atoms with Crippen molar-refractivity contribution in [3.8, 4) is 0 Å². The molecule has 0 amide bonds. The maximum absolute atomic E-state index is 11.9. The minimum absolute atomic E-state index is 0.0289. The number of aromatic nitrogens is 1. The lowest BCUT2D eigenvalue weighted by molar-refractivity contribution is -0.149. The molecule has 1 aliphatic rings. The number of ether oxygens (including phenoxy) is 1. The van der Waals surface area contributed by atoms with Crippen LogP contribution in [0.15, 0.2) is 35.5 Å². The van der Waals surface area contributed by atoms with Crippen molar-refractivity contribution in [3.05, 3.63) is 36.0 Å². The molecule has 1 saturated heterocycles. The number of carbonyl (C=O) groups is 1. The highest BCUT2D eigenvalue weighted by Gasteiger charge is 2.27. The average Bonchev–Trinajstić information content (AvgIpc) is 3.12. The van der Waals surface area contributed by atoms with Crippen LogP contribution >= 0.6 is 0 Å². The van der Waals surface area contributed by atoms with Gasteiger partial charge in [0.25, 0.3) is 0 Å². The molecule has 0 radical (unpaired) electrons. The summed E-state index contributed by atoms with van der Waals surface area (Å²) in [7, 11) is 1.82. The van der Waals surface area contributed by atoms with Crippen LogP contribution in [0.2, 0.25) is 0 Å². The Morgan fingerprint density at radius 3 is 2.85 bits per heavy atom. The summed E-state index contributed by atoms with van der Waals surface area (Å²) in [5.41, 5.74) is 2.55. The maximum atomic E-state index is 11.9. The number of esters is 1. The van der Waals surface area contributed by atoms with Gasteiger partial charge in [-0.2, -0.15) is 0 Å². The van der Waals surface area contributed by atoms with Crippen molar-refractivity contribution in [3.63, 3.8) is 0 Å². The fourth-order valence-corrected chi connectivity index (χ4v) is 3.74. The lowest BCUT2D eigenvalue weighted by Gasteiger charge is -2.33. The van der Waals surface area contributed by atoms with Gasteiger partial charge >= 0.3 is 5.97 Å². The first-order valence-electron chi connectivity index (χ1n) is 9.90. The molecule has 6 heteroatoms. The summed E-state index contributed by atoms with van der Waals surface area (Å²) in [4.78, 5) is 21.9. The lowest BCUT2D eigenvalue weighted by atomic mass is 9.97. The molecule has 3 rings (SSSR count). The van der Waals surface area contributed by atoms with Crippen LogP contribution in [0, 0.1) is 5.92 Å². The summed E-state index contributed by atoms with van der Waals surface area (Å²) < 4.78 is 5.14. The van der Waals surface area contributed by atoms with Crippen molar-refractivity contribution < 1.29 is 9.53 Å². The number of benzene rings is 1. The van der Waals surface area contributed by atoms with Gasteiger partial charge in [0.05, 0.1) is 12.5 Å². The lowest BCUT2D eigenvalue weighted by Crippen LogP contribution is -2.47. The van der Waals surface area contributed by atoms with Gasteiger partial charge in [0.2, 0.25) is 0 Å². The van der Waals surface area contributed by atoms with E-state index in [1.165, 1.54) is 16.5 Å². The molecule has 2 aromatic rings. The maximum Gasteiger partial charge on any atom is 0.309 e. The smallest absolute Gasteiger partial charge is 0.309 e. The summed E-state index contributed by atoms with van der Waals surface area (Å²) in [5.74, 6) is 0.899. The molecule has 146 valence electrons. The summed E-state index contributed by atoms with van der Waals surface area (Å²) in [6.07, 6.45) is 5.84. The Morgan fingerprint density at radius 1 is 1.33 bits per heavy atom. The molecule has 1 aromatic carbocycles. The molecule has 0 saturated carbocycles. The molecule has 2 heterocycles. The van der Waals surface area contributed by atoms with E-state index in [9.17, 15) is 4.79 Å². The number of nitrogens with zero attached hydrogens (tertiary/aromatic N) is 2. The van der Waals surface area contributed by atoms with Crippen molar-refractivity contribution >= 4 is 22.8 Å². The standard InChI is InChI=1S/C21H30N4O2/c1-3-27-20(26)16-10-13-25(14-11-16)21(22-2)23-12-6-7-17-15-24-19-9-5-4-8-18(17)19/h4-5,8-9,15-16,24H,3,6-7,10-14H2,1-2H3,(H,22,23). The van der Waals surface area contributed by atoms with Crippen molar-refractivity contribution in [2.45, 2.75) is 32.6 Å². The number of hydrogen-bond acceptors (Lipinski definition) is 3. The van der Waals surface area contributed by atoms with E-state index in [0.29, 0.717) is 6.61 Å². The topological polar surface area (TPSA) is 69.7 Å². The van der Waals surface area contributed by atoms with Gasteiger partial charge in [-0.05, 0) is 44.2 Å². The molecule has 0 spiro atoms. The number of rotatable bonds is 6. The van der Waals surface area contributed by atoms with E-state index in [4.69, 9.17) is 4.74 Å². The SMILES string of the molecule is CCOC(=O)C1CCN(C(=NC)NCCCc2c[nH]c3ccccc23)CC1. The van der Waals surface area contributed by atoms with Crippen LogP contribution in [0.5, 0.6) is 0 Å². The molecule has 0 atom stereocenters. The molecule has 27 heavy (non-hydrogen) atoms. The van der Waals surface area contributed by atoms with Crippen molar-refractivity contribution in [2.75, 3.05) is 33.3 Å². The number of aromatic amines is 1. The van der Waals surface area contributed by atoms with E-state index in [0.717, 1.165) is 51.3 Å². The summed E-state index contributed by atoms with van der Waals surface area (Å²) >= 11 is 0. The van der Waals surface area contributed by atoms with Crippen LogP contribution in [0.3, 0.4) is 0 Å². The zero-order valence-electron chi connectivity index (χ0n) is 16.3. The van der Waals surface area contributed by atoms with Crippen molar-refractivity contribution in [1.29, 1.82) is 0 Å². The van der Waals surface area contributed by atoms with Crippen molar-refractivity contribution in [2.24, 2.45) is 10.9 Å². The van der Waals surface area contributed by atoms with Crippen molar-refractivity contribution in [1.82, 2.24) is 15.2 Å². The van der Waals surface area contributed by atoms with E-state index in [2.05, 4.69) is 50.7 Å². The number of carbonyl (C=O) groups excluding carboxylic acids is 1. The van der Waals surface area contributed by atoms with Crippen LogP contribution in [0.1, 0.15) is 31.7 Å². The highest BCUT2D eigenvalue weighted by atomic mass is 16.5. The van der Waals surface area contributed by atoms with Crippen LogP contribution in [0.4, 0.5) is 0 Å². The third kappa shape index (κ3) is 4.81. The van der Waals surface area contributed by atoms with E-state index >= 15 is 0 Å². The number of H-pyrrole nitrogens is 1. The molecular formula is C21H30N4O2. The van der Waals surface area contributed by atoms with Crippen LogP contribution in [-0.2, 0) is 16.0 Å². The second-order valence-electron chi connectivity index (χ2n) is 6.95.